The molecule has 1 aromatic heterocycles. The van der Waals surface area contributed by atoms with Gasteiger partial charge in [0.1, 0.15) is 0 Å². The molecule has 0 atom stereocenters. The predicted molar refractivity (Wildman–Crippen MR) is 123 cm³/mol. The third-order valence-corrected chi connectivity index (χ3v) is 5.95. The Morgan fingerprint density at radius 1 is 0.806 bits per heavy atom. The van der Waals surface area contributed by atoms with Crippen molar-refractivity contribution in [2.24, 2.45) is 0 Å². The van der Waals surface area contributed by atoms with E-state index in [0.717, 1.165) is 17.7 Å². The van der Waals surface area contributed by atoms with Crippen LogP contribution in [-0.2, 0) is 11.2 Å². The lowest BCUT2D eigenvalue weighted by molar-refractivity contribution is -0.131. The largest absolute Gasteiger partial charge is 0.341 e. The summed E-state index contributed by atoms with van der Waals surface area (Å²) in [5.41, 5.74) is 2.81. The average molecular weight is 436 g/mol. The van der Waals surface area contributed by atoms with E-state index in [-0.39, 0.29) is 11.8 Å². The van der Waals surface area contributed by atoms with Crippen LogP contribution in [0.25, 0.3) is 5.69 Å². The lowest BCUT2D eigenvalue weighted by atomic mass is 10.1. The number of rotatable bonds is 5. The maximum absolute atomic E-state index is 13.0. The first-order valence-electron chi connectivity index (χ1n) is 10.6. The standard InChI is InChI=1S/C25H26ClN3O2/c26-22-9-4-20(5-10-22)6-13-24(30)28-16-3-17-29(19-18-28)25(31)21-7-11-23(12-8-21)27-14-1-2-15-27/h1-2,4-5,7-12,14-15H,3,6,13,16-19H2. The number of nitrogens with zero attached hydrogens (tertiary/aromatic N) is 3. The lowest BCUT2D eigenvalue weighted by Crippen LogP contribution is -2.37. The molecular formula is C25H26ClN3O2. The molecule has 0 bridgehead atoms. The summed E-state index contributed by atoms with van der Waals surface area (Å²) >= 11 is 5.92. The highest BCUT2D eigenvalue weighted by Gasteiger charge is 2.22. The second-order valence-electron chi connectivity index (χ2n) is 7.79. The maximum Gasteiger partial charge on any atom is 0.253 e. The zero-order valence-electron chi connectivity index (χ0n) is 17.4. The normalized spacial score (nSPS) is 14.4. The molecule has 2 heterocycles. The van der Waals surface area contributed by atoms with E-state index < -0.39 is 0 Å². The number of hydrogen-bond donors (Lipinski definition) is 0. The van der Waals surface area contributed by atoms with Crippen molar-refractivity contribution in [3.05, 3.63) is 89.2 Å². The first-order valence-corrected chi connectivity index (χ1v) is 11.0. The highest BCUT2D eigenvalue weighted by atomic mass is 35.5. The number of carbonyl (C=O) groups is 2. The van der Waals surface area contributed by atoms with Crippen LogP contribution in [0.3, 0.4) is 0 Å². The molecular weight excluding hydrogens is 410 g/mol. The van der Waals surface area contributed by atoms with Gasteiger partial charge in [0.25, 0.3) is 5.91 Å². The van der Waals surface area contributed by atoms with Gasteiger partial charge >= 0.3 is 0 Å². The fourth-order valence-corrected chi connectivity index (χ4v) is 4.02. The molecule has 0 aliphatic carbocycles. The summed E-state index contributed by atoms with van der Waals surface area (Å²) in [6.45, 7) is 2.49. The summed E-state index contributed by atoms with van der Waals surface area (Å²) in [6.07, 6.45) is 5.91. The van der Waals surface area contributed by atoms with Gasteiger partial charge in [-0.25, -0.2) is 0 Å². The van der Waals surface area contributed by atoms with Crippen LogP contribution in [0.4, 0.5) is 0 Å². The van der Waals surface area contributed by atoms with Crippen molar-refractivity contribution < 1.29 is 9.59 Å². The summed E-state index contributed by atoms with van der Waals surface area (Å²) < 4.78 is 2.01. The van der Waals surface area contributed by atoms with Crippen molar-refractivity contribution in [1.82, 2.24) is 14.4 Å². The molecule has 0 saturated carbocycles. The van der Waals surface area contributed by atoms with Gasteiger partial charge in [0, 0.05) is 61.3 Å². The third-order valence-electron chi connectivity index (χ3n) is 5.69. The minimum absolute atomic E-state index is 0.0227. The van der Waals surface area contributed by atoms with Crippen LogP contribution in [0.1, 0.15) is 28.8 Å². The monoisotopic (exact) mass is 435 g/mol. The van der Waals surface area contributed by atoms with Crippen LogP contribution in [-0.4, -0.2) is 52.4 Å². The van der Waals surface area contributed by atoms with Gasteiger partial charge in [0.05, 0.1) is 0 Å². The minimum atomic E-state index is 0.0227. The molecule has 1 fully saturated rings. The SMILES string of the molecule is O=C(CCc1ccc(Cl)cc1)N1CCCN(C(=O)c2ccc(-n3cccc3)cc2)CC1. The Bertz CT molecular complexity index is 1010. The Kier molecular flexibility index (Phi) is 6.73. The van der Waals surface area contributed by atoms with Gasteiger partial charge in [0.2, 0.25) is 5.91 Å². The second kappa shape index (κ2) is 9.84. The van der Waals surface area contributed by atoms with Gasteiger partial charge in [-0.15, -0.1) is 0 Å². The van der Waals surface area contributed by atoms with E-state index in [1.807, 2.05) is 87.4 Å². The first kappa shape index (κ1) is 21.2. The molecule has 6 heteroatoms. The fourth-order valence-electron chi connectivity index (χ4n) is 3.90. The van der Waals surface area contributed by atoms with Gasteiger partial charge in [-0.2, -0.15) is 0 Å². The van der Waals surface area contributed by atoms with Gasteiger partial charge in [-0.05, 0) is 66.9 Å². The van der Waals surface area contributed by atoms with Gasteiger partial charge in [-0.3, -0.25) is 9.59 Å². The highest BCUT2D eigenvalue weighted by molar-refractivity contribution is 6.30. The summed E-state index contributed by atoms with van der Waals surface area (Å²) in [7, 11) is 0. The topological polar surface area (TPSA) is 45.6 Å². The van der Waals surface area contributed by atoms with E-state index >= 15 is 0 Å². The number of aryl methyl sites for hydroxylation is 1. The number of hydrogen-bond acceptors (Lipinski definition) is 2. The molecule has 160 valence electrons. The molecule has 4 rings (SSSR count). The van der Waals surface area contributed by atoms with Crippen molar-refractivity contribution in [3.8, 4) is 5.69 Å². The molecule has 2 amide bonds. The van der Waals surface area contributed by atoms with E-state index in [0.29, 0.717) is 49.6 Å². The Labute approximate surface area is 187 Å². The third kappa shape index (κ3) is 5.36. The Morgan fingerprint density at radius 2 is 1.45 bits per heavy atom. The summed E-state index contributed by atoms with van der Waals surface area (Å²) in [5.74, 6) is 0.162. The molecule has 31 heavy (non-hydrogen) atoms. The Balaban J connectivity index is 1.31. The molecule has 5 nitrogen and oxygen atoms in total. The molecule has 1 aliphatic rings. The van der Waals surface area contributed by atoms with Crippen LogP contribution in [0.2, 0.25) is 5.02 Å². The van der Waals surface area contributed by atoms with Crippen LogP contribution < -0.4 is 0 Å². The minimum Gasteiger partial charge on any atom is -0.341 e. The molecule has 2 aromatic carbocycles. The van der Waals surface area contributed by atoms with Crippen LogP contribution in [0.15, 0.2) is 73.1 Å². The maximum atomic E-state index is 13.0. The van der Waals surface area contributed by atoms with Crippen molar-refractivity contribution >= 4 is 23.4 Å². The van der Waals surface area contributed by atoms with E-state index in [9.17, 15) is 9.59 Å². The van der Waals surface area contributed by atoms with Crippen molar-refractivity contribution in [2.45, 2.75) is 19.3 Å². The highest BCUT2D eigenvalue weighted by Crippen LogP contribution is 2.15. The predicted octanol–water partition coefficient (Wildman–Crippen LogP) is 4.44. The number of carbonyl (C=O) groups excluding carboxylic acids is 2. The number of benzene rings is 2. The Morgan fingerprint density at radius 3 is 2.16 bits per heavy atom. The lowest BCUT2D eigenvalue weighted by Gasteiger charge is -2.22. The van der Waals surface area contributed by atoms with Gasteiger partial charge in [0.15, 0.2) is 0 Å². The Hall–Kier alpha value is -3.05. The van der Waals surface area contributed by atoms with E-state index in [1.54, 1.807) is 0 Å². The first-order chi connectivity index (χ1) is 15.1. The zero-order valence-corrected chi connectivity index (χ0v) is 18.2. The fraction of sp³-hybridized carbons (Fsp3) is 0.280. The molecule has 1 saturated heterocycles. The molecule has 0 unspecified atom stereocenters. The quantitative estimate of drug-likeness (QED) is 0.594. The van der Waals surface area contributed by atoms with Crippen molar-refractivity contribution in [2.75, 3.05) is 26.2 Å². The molecule has 3 aromatic rings. The van der Waals surface area contributed by atoms with Crippen LogP contribution >= 0.6 is 11.6 Å². The van der Waals surface area contributed by atoms with E-state index in [2.05, 4.69) is 0 Å². The van der Waals surface area contributed by atoms with Gasteiger partial charge in [-0.1, -0.05) is 23.7 Å². The summed E-state index contributed by atoms with van der Waals surface area (Å²) in [6, 6.07) is 19.2. The average Bonchev–Trinajstić information content (AvgIpc) is 3.23. The number of aromatic nitrogens is 1. The molecule has 0 radical (unpaired) electrons. The summed E-state index contributed by atoms with van der Waals surface area (Å²) in [5, 5.41) is 0.701. The van der Waals surface area contributed by atoms with E-state index in [1.165, 1.54) is 0 Å². The smallest absolute Gasteiger partial charge is 0.253 e. The number of halogens is 1. The summed E-state index contributed by atoms with van der Waals surface area (Å²) in [4.78, 5) is 29.4. The van der Waals surface area contributed by atoms with Crippen LogP contribution in [0, 0.1) is 0 Å². The number of amides is 2. The van der Waals surface area contributed by atoms with Gasteiger partial charge < -0.3 is 14.4 Å². The van der Waals surface area contributed by atoms with E-state index in [4.69, 9.17) is 11.6 Å². The second-order valence-corrected chi connectivity index (χ2v) is 8.23. The van der Waals surface area contributed by atoms with Crippen LogP contribution in [0.5, 0.6) is 0 Å². The molecule has 1 aliphatic heterocycles. The van der Waals surface area contributed by atoms with Crippen molar-refractivity contribution in [3.63, 3.8) is 0 Å². The molecule has 0 N–H and O–H groups in total. The van der Waals surface area contributed by atoms with Crippen molar-refractivity contribution in [1.29, 1.82) is 0 Å². The molecule has 0 spiro atoms. The zero-order chi connectivity index (χ0) is 21.6.